The van der Waals surface area contributed by atoms with Crippen molar-refractivity contribution in [1.29, 1.82) is 0 Å². The average Bonchev–Trinajstić information content (AvgIpc) is 3.20. The fraction of sp³-hybridized carbons (Fsp3) is 0.400. The smallest absolute Gasteiger partial charge is 0.231 e. The SMILES string of the molecule is C[C@@H]1Cc2cc3c(cc2-c2cc4c(cc2C[C@H]1C)OCO4)OCO3. The van der Waals surface area contributed by atoms with Gasteiger partial charge in [0.2, 0.25) is 13.6 Å². The second-order valence-electron chi connectivity index (χ2n) is 7.09. The molecule has 3 aliphatic rings. The summed E-state index contributed by atoms with van der Waals surface area (Å²) in [7, 11) is 0. The molecule has 0 spiro atoms. The predicted molar refractivity (Wildman–Crippen MR) is 89.9 cm³/mol. The molecule has 124 valence electrons. The van der Waals surface area contributed by atoms with E-state index in [2.05, 4.69) is 38.1 Å². The third kappa shape index (κ3) is 2.05. The Kier molecular flexibility index (Phi) is 2.96. The molecule has 2 aliphatic heterocycles. The van der Waals surface area contributed by atoms with Crippen molar-refractivity contribution >= 4 is 0 Å². The lowest BCUT2D eigenvalue weighted by Crippen LogP contribution is -2.17. The molecular formula is C20H20O4. The van der Waals surface area contributed by atoms with E-state index in [1.165, 1.54) is 22.3 Å². The molecule has 4 heteroatoms. The van der Waals surface area contributed by atoms with Crippen LogP contribution in [0.25, 0.3) is 11.1 Å². The summed E-state index contributed by atoms with van der Waals surface area (Å²) in [6.45, 7) is 5.27. The van der Waals surface area contributed by atoms with Crippen molar-refractivity contribution in [2.45, 2.75) is 26.7 Å². The molecule has 1 aliphatic carbocycles. The number of ether oxygens (including phenoxy) is 4. The Labute approximate surface area is 141 Å². The van der Waals surface area contributed by atoms with Gasteiger partial charge >= 0.3 is 0 Å². The third-order valence-electron chi connectivity index (χ3n) is 5.54. The van der Waals surface area contributed by atoms with Gasteiger partial charge in [-0.1, -0.05) is 13.8 Å². The van der Waals surface area contributed by atoms with Gasteiger partial charge in [-0.3, -0.25) is 0 Å². The summed E-state index contributed by atoms with van der Waals surface area (Å²) in [6, 6.07) is 8.56. The lowest BCUT2D eigenvalue weighted by Gasteiger charge is -2.27. The van der Waals surface area contributed by atoms with Crippen LogP contribution in [-0.2, 0) is 12.8 Å². The lowest BCUT2D eigenvalue weighted by atomic mass is 9.78. The van der Waals surface area contributed by atoms with Gasteiger partial charge in [-0.15, -0.1) is 0 Å². The van der Waals surface area contributed by atoms with Crippen LogP contribution < -0.4 is 18.9 Å². The van der Waals surface area contributed by atoms with Gasteiger partial charge in [-0.05, 0) is 71.2 Å². The number of hydrogen-bond donors (Lipinski definition) is 0. The van der Waals surface area contributed by atoms with Crippen LogP contribution in [0.3, 0.4) is 0 Å². The van der Waals surface area contributed by atoms with E-state index in [0.717, 1.165) is 35.8 Å². The van der Waals surface area contributed by atoms with Crippen LogP contribution in [0.5, 0.6) is 23.0 Å². The standard InChI is InChI=1S/C20H20O4/c1-11-3-13-5-17-19(23-9-21-17)7-15(13)16-8-20-18(22-10-24-20)6-14(16)4-12(11)2/h5-8,11-12H,3-4,9-10H2,1-2H3/t11-,12-/m1/s1. The average molecular weight is 324 g/mol. The third-order valence-corrected chi connectivity index (χ3v) is 5.54. The Hall–Kier alpha value is -2.36. The molecule has 0 amide bonds. The molecule has 2 aromatic rings. The van der Waals surface area contributed by atoms with Gasteiger partial charge in [0.25, 0.3) is 0 Å². The van der Waals surface area contributed by atoms with Gasteiger partial charge in [0, 0.05) is 0 Å². The highest BCUT2D eigenvalue weighted by atomic mass is 16.7. The van der Waals surface area contributed by atoms with Crippen LogP contribution in [0.1, 0.15) is 25.0 Å². The zero-order valence-corrected chi connectivity index (χ0v) is 13.9. The fourth-order valence-electron chi connectivity index (χ4n) is 3.90. The summed E-state index contributed by atoms with van der Waals surface area (Å²) in [4.78, 5) is 0. The van der Waals surface area contributed by atoms with Gasteiger partial charge in [0.05, 0.1) is 0 Å². The first-order chi connectivity index (χ1) is 11.7. The minimum atomic E-state index is 0.304. The number of benzene rings is 2. The molecule has 0 bridgehead atoms. The highest BCUT2D eigenvalue weighted by molar-refractivity contribution is 5.77. The first-order valence-corrected chi connectivity index (χ1v) is 8.54. The molecule has 0 N–H and O–H groups in total. The maximum atomic E-state index is 5.61. The zero-order valence-electron chi connectivity index (χ0n) is 13.9. The highest BCUT2D eigenvalue weighted by Gasteiger charge is 2.27. The monoisotopic (exact) mass is 324 g/mol. The number of hydrogen-bond acceptors (Lipinski definition) is 4. The Bertz CT molecular complexity index is 757. The molecule has 0 saturated heterocycles. The molecule has 0 unspecified atom stereocenters. The largest absolute Gasteiger partial charge is 0.454 e. The van der Waals surface area contributed by atoms with E-state index >= 15 is 0 Å². The minimum Gasteiger partial charge on any atom is -0.454 e. The van der Waals surface area contributed by atoms with Gasteiger partial charge < -0.3 is 18.9 Å². The summed E-state index contributed by atoms with van der Waals surface area (Å²) in [5.74, 6) is 4.58. The van der Waals surface area contributed by atoms with E-state index < -0.39 is 0 Å². The Morgan fingerprint density at radius 3 is 1.42 bits per heavy atom. The van der Waals surface area contributed by atoms with Gasteiger partial charge in [-0.2, -0.15) is 0 Å². The Morgan fingerprint density at radius 1 is 0.625 bits per heavy atom. The van der Waals surface area contributed by atoms with Crippen LogP contribution in [0, 0.1) is 11.8 Å². The van der Waals surface area contributed by atoms with E-state index in [-0.39, 0.29) is 0 Å². The topological polar surface area (TPSA) is 36.9 Å². The highest BCUT2D eigenvalue weighted by Crippen LogP contribution is 2.46. The molecule has 0 aromatic heterocycles. The van der Waals surface area contributed by atoms with E-state index in [1.807, 2.05) is 0 Å². The number of rotatable bonds is 0. The maximum Gasteiger partial charge on any atom is 0.231 e. The van der Waals surface area contributed by atoms with Crippen molar-refractivity contribution < 1.29 is 18.9 Å². The van der Waals surface area contributed by atoms with Crippen LogP contribution in [0.4, 0.5) is 0 Å². The molecule has 2 atom stereocenters. The van der Waals surface area contributed by atoms with Gasteiger partial charge in [-0.25, -0.2) is 0 Å². The Morgan fingerprint density at radius 2 is 1.00 bits per heavy atom. The van der Waals surface area contributed by atoms with E-state index in [4.69, 9.17) is 18.9 Å². The lowest BCUT2D eigenvalue weighted by molar-refractivity contribution is 0.173. The quantitative estimate of drug-likeness (QED) is 0.728. The first kappa shape index (κ1) is 14.0. The second-order valence-corrected chi connectivity index (χ2v) is 7.09. The second kappa shape index (κ2) is 5.07. The van der Waals surface area contributed by atoms with Gasteiger partial charge in [0.15, 0.2) is 23.0 Å². The van der Waals surface area contributed by atoms with Crippen molar-refractivity contribution in [3.8, 4) is 34.1 Å². The molecule has 4 nitrogen and oxygen atoms in total. The minimum absolute atomic E-state index is 0.304. The van der Waals surface area contributed by atoms with Crippen LogP contribution in [0.2, 0.25) is 0 Å². The van der Waals surface area contributed by atoms with E-state index in [1.54, 1.807) is 0 Å². The number of fused-ring (bicyclic) bond motifs is 5. The summed E-state index contributed by atoms with van der Waals surface area (Å²) in [5.41, 5.74) is 5.09. The first-order valence-electron chi connectivity index (χ1n) is 8.54. The summed E-state index contributed by atoms with van der Waals surface area (Å²) < 4.78 is 22.4. The van der Waals surface area contributed by atoms with Crippen LogP contribution in [0.15, 0.2) is 24.3 Å². The molecule has 2 heterocycles. The molecule has 0 fully saturated rings. The van der Waals surface area contributed by atoms with Gasteiger partial charge in [0.1, 0.15) is 0 Å². The van der Waals surface area contributed by atoms with Crippen molar-refractivity contribution in [3.05, 3.63) is 35.4 Å². The fourth-order valence-corrected chi connectivity index (χ4v) is 3.90. The molecule has 0 radical (unpaired) electrons. The maximum absolute atomic E-state index is 5.61. The van der Waals surface area contributed by atoms with Crippen molar-refractivity contribution in [3.63, 3.8) is 0 Å². The Balaban J connectivity index is 1.75. The normalized spacial score (nSPS) is 23.2. The summed E-state index contributed by atoms with van der Waals surface area (Å²) >= 11 is 0. The zero-order chi connectivity index (χ0) is 16.3. The molecule has 0 saturated carbocycles. The summed E-state index contributed by atoms with van der Waals surface area (Å²) in [6.07, 6.45) is 2.09. The van der Waals surface area contributed by atoms with E-state index in [0.29, 0.717) is 25.4 Å². The van der Waals surface area contributed by atoms with Crippen LogP contribution >= 0.6 is 0 Å². The van der Waals surface area contributed by atoms with E-state index in [9.17, 15) is 0 Å². The summed E-state index contributed by atoms with van der Waals surface area (Å²) in [5, 5.41) is 0. The van der Waals surface area contributed by atoms with Crippen LogP contribution in [-0.4, -0.2) is 13.6 Å². The predicted octanol–water partition coefficient (Wildman–Crippen LogP) is 4.18. The molecule has 24 heavy (non-hydrogen) atoms. The molecular weight excluding hydrogens is 304 g/mol. The van der Waals surface area contributed by atoms with Crippen molar-refractivity contribution in [2.24, 2.45) is 11.8 Å². The molecule has 5 rings (SSSR count). The van der Waals surface area contributed by atoms with Crippen molar-refractivity contribution in [1.82, 2.24) is 0 Å². The van der Waals surface area contributed by atoms with Crippen molar-refractivity contribution in [2.75, 3.05) is 13.6 Å². The molecule has 2 aromatic carbocycles.